The first-order chi connectivity index (χ1) is 6.27. The molecule has 3 heteroatoms. The minimum absolute atomic E-state index is 0.475. The van der Waals surface area contributed by atoms with Crippen molar-refractivity contribution in [2.75, 3.05) is 13.7 Å². The van der Waals surface area contributed by atoms with E-state index in [0.717, 1.165) is 6.42 Å². The third-order valence-electron chi connectivity index (χ3n) is 2.14. The normalized spacial score (nSPS) is 12.5. The van der Waals surface area contributed by atoms with E-state index in [4.69, 9.17) is 10.5 Å². The molecule has 1 unspecified atom stereocenters. The molecule has 0 radical (unpaired) electrons. The van der Waals surface area contributed by atoms with Crippen molar-refractivity contribution in [1.82, 2.24) is 4.98 Å². The van der Waals surface area contributed by atoms with Crippen LogP contribution in [0.1, 0.15) is 24.8 Å². The molecule has 0 saturated carbocycles. The van der Waals surface area contributed by atoms with Gasteiger partial charge in [-0.2, -0.15) is 0 Å². The second kappa shape index (κ2) is 4.82. The molecule has 0 aliphatic rings. The Balaban J connectivity index is 2.67. The predicted octanol–water partition coefficient (Wildman–Crippen LogP) is 1.54. The van der Waals surface area contributed by atoms with E-state index in [0.29, 0.717) is 18.3 Å². The van der Waals surface area contributed by atoms with Crippen molar-refractivity contribution in [3.8, 4) is 5.88 Å². The van der Waals surface area contributed by atoms with E-state index in [1.807, 2.05) is 18.3 Å². The highest BCUT2D eigenvalue weighted by Gasteiger charge is 2.04. The van der Waals surface area contributed by atoms with Crippen molar-refractivity contribution >= 4 is 0 Å². The molecule has 0 amide bonds. The van der Waals surface area contributed by atoms with Crippen LogP contribution in [0.3, 0.4) is 0 Å². The average molecular weight is 180 g/mol. The molecule has 0 fully saturated rings. The number of rotatable bonds is 4. The maximum Gasteiger partial charge on any atom is 0.212 e. The minimum atomic E-state index is 0.475. The highest BCUT2D eigenvalue weighted by atomic mass is 16.5. The fourth-order valence-corrected chi connectivity index (χ4v) is 1.22. The SMILES string of the molecule is COc1ccc(C(C)CCN)cn1. The molecular formula is C10H16N2O. The first-order valence-electron chi connectivity index (χ1n) is 4.48. The molecule has 0 bridgehead atoms. The molecule has 1 atom stereocenters. The summed E-state index contributed by atoms with van der Waals surface area (Å²) in [6.45, 7) is 2.86. The zero-order valence-corrected chi connectivity index (χ0v) is 8.16. The highest BCUT2D eigenvalue weighted by molar-refractivity contribution is 5.20. The number of nitrogens with zero attached hydrogens (tertiary/aromatic N) is 1. The van der Waals surface area contributed by atoms with Crippen LogP contribution in [-0.2, 0) is 0 Å². The van der Waals surface area contributed by atoms with Crippen LogP contribution in [0, 0.1) is 0 Å². The molecule has 13 heavy (non-hydrogen) atoms. The van der Waals surface area contributed by atoms with Crippen LogP contribution in [-0.4, -0.2) is 18.6 Å². The lowest BCUT2D eigenvalue weighted by Crippen LogP contribution is -2.04. The van der Waals surface area contributed by atoms with Crippen LogP contribution in [0.2, 0.25) is 0 Å². The van der Waals surface area contributed by atoms with Gasteiger partial charge in [-0.05, 0) is 24.4 Å². The lowest BCUT2D eigenvalue weighted by molar-refractivity contribution is 0.397. The van der Waals surface area contributed by atoms with Crippen molar-refractivity contribution in [2.24, 2.45) is 5.73 Å². The summed E-state index contributed by atoms with van der Waals surface area (Å²) < 4.78 is 4.97. The first kappa shape index (κ1) is 9.99. The molecule has 0 aliphatic heterocycles. The van der Waals surface area contributed by atoms with Gasteiger partial charge in [0.2, 0.25) is 5.88 Å². The summed E-state index contributed by atoms with van der Waals surface area (Å²) >= 11 is 0. The number of nitrogens with two attached hydrogens (primary N) is 1. The fourth-order valence-electron chi connectivity index (χ4n) is 1.22. The Kier molecular flexibility index (Phi) is 3.71. The van der Waals surface area contributed by atoms with Gasteiger partial charge in [-0.25, -0.2) is 4.98 Å². The van der Waals surface area contributed by atoms with E-state index >= 15 is 0 Å². The van der Waals surface area contributed by atoms with Gasteiger partial charge in [-0.15, -0.1) is 0 Å². The van der Waals surface area contributed by atoms with Gasteiger partial charge in [0, 0.05) is 12.3 Å². The van der Waals surface area contributed by atoms with Gasteiger partial charge in [-0.3, -0.25) is 0 Å². The second-order valence-electron chi connectivity index (χ2n) is 3.11. The van der Waals surface area contributed by atoms with E-state index in [1.165, 1.54) is 5.56 Å². The van der Waals surface area contributed by atoms with Crippen molar-refractivity contribution in [1.29, 1.82) is 0 Å². The summed E-state index contributed by atoms with van der Waals surface area (Å²) in [5.74, 6) is 1.13. The monoisotopic (exact) mass is 180 g/mol. The van der Waals surface area contributed by atoms with Crippen molar-refractivity contribution in [2.45, 2.75) is 19.3 Å². The maximum absolute atomic E-state index is 5.48. The van der Waals surface area contributed by atoms with Gasteiger partial charge in [0.15, 0.2) is 0 Å². The van der Waals surface area contributed by atoms with Crippen LogP contribution in [0.25, 0.3) is 0 Å². The Morgan fingerprint density at radius 1 is 1.54 bits per heavy atom. The Morgan fingerprint density at radius 3 is 2.77 bits per heavy atom. The molecule has 0 saturated heterocycles. The third kappa shape index (κ3) is 2.70. The van der Waals surface area contributed by atoms with Gasteiger partial charge >= 0.3 is 0 Å². The number of methoxy groups -OCH3 is 1. The van der Waals surface area contributed by atoms with Crippen molar-refractivity contribution in [3.05, 3.63) is 23.9 Å². The molecule has 1 rings (SSSR count). The molecule has 2 N–H and O–H groups in total. The zero-order chi connectivity index (χ0) is 9.68. The molecule has 0 aliphatic carbocycles. The van der Waals surface area contributed by atoms with Crippen LogP contribution >= 0.6 is 0 Å². The van der Waals surface area contributed by atoms with E-state index in [1.54, 1.807) is 7.11 Å². The topological polar surface area (TPSA) is 48.1 Å². The fraction of sp³-hybridized carbons (Fsp3) is 0.500. The Labute approximate surface area is 78.9 Å². The lowest BCUT2D eigenvalue weighted by Gasteiger charge is -2.09. The lowest BCUT2D eigenvalue weighted by atomic mass is 10.00. The molecule has 1 aromatic heterocycles. The van der Waals surface area contributed by atoms with Crippen LogP contribution < -0.4 is 10.5 Å². The highest BCUT2D eigenvalue weighted by Crippen LogP contribution is 2.18. The summed E-state index contributed by atoms with van der Waals surface area (Å²) in [6, 6.07) is 3.91. The van der Waals surface area contributed by atoms with Gasteiger partial charge in [-0.1, -0.05) is 13.0 Å². The smallest absolute Gasteiger partial charge is 0.212 e. The Hall–Kier alpha value is -1.09. The standard InChI is InChI=1S/C10H16N2O/c1-8(5-6-11)9-3-4-10(13-2)12-7-9/h3-4,7-8H,5-6,11H2,1-2H3. The summed E-state index contributed by atoms with van der Waals surface area (Å²) in [4.78, 5) is 4.14. The van der Waals surface area contributed by atoms with E-state index in [-0.39, 0.29) is 0 Å². The summed E-state index contributed by atoms with van der Waals surface area (Å²) in [5, 5.41) is 0. The quantitative estimate of drug-likeness (QED) is 0.764. The molecule has 0 spiro atoms. The van der Waals surface area contributed by atoms with Crippen LogP contribution in [0.4, 0.5) is 0 Å². The van der Waals surface area contributed by atoms with Gasteiger partial charge in [0.1, 0.15) is 0 Å². The second-order valence-corrected chi connectivity index (χ2v) is 3.11. The third-order valence-corrected chi connectivity index (χ3v) is 2.14. The van der Waals surface area contributed by atoms with Crippen LogP contribution in [0.5, 0.6) is 5.88 Å². The maximum atomic E-state index is 5.48. The molecular weight excluding hydrogens is 164 g/mol. The van der Waals surface area contributed by atoms with Gasteiger partial charge < -0.3 is 10.5 Å². The van der Waals surface area contributed by atoms with E-state index in [2.05, 4.69) is 11.9 Å². The number of hydrogen-bond donors (Lipinski definition) is 1. The summed E-state index contributed by atoms with van der Waals surface area (Å²) in [6.07, 6.45) is 2.84. The largest absolute Gasteiger partial charge is 0.481 e. The number of hydrogen-bond acceptors (Lipinski definition) is 3. The van der Waals surface area contributed by atoms with Crippen molar-refractivity contribution in [3.63, 3.8) is 0 Å². The summed E-state index contributed by atoms with van der Waals surface area (Å²) in [7, 11) is 1.62. The Morgan fingerprint density at radius 2 is 2.31 bits per heavy atom. The number of aromatic nitrogens is 1. The zero-order valence-electron chi connectivity index (χ0n) is 8.16. The molecule has 0 aromatic carbocycles. The van der Waals surface area contributed by atoms with Crippen LogP contribution in [0.15, 0.2) is 18.3 Å². The summed E-state index contributed by atoms with van der Waals surface area (Å²) in [5.41, 5.74) is 6.69. The Bertz CT molecular complexity index is 246. The van der Waals surface area contributed by atoms with E-state index in [9.17, 15) is 0 Å². The first-order valence-corrected chi connectivity index (χ1v) is 4.48. The number of ether oxygens (including phenoxy) is 1. The average Bonchev–Trinajstić information content (AvgIpc) is 2.18. The number of pyridine rings is 1. The molecule has 1 aromatic rings. The molecule has 72 valence electrons. The van der Waals surface area contributed by atoms with Gasteiger partial charge in [0.25, 0.3) is 0 Å². The molecule has 3 nitrogen and oxygen atoms in total. The van der Waals surface area contributed by atoms with Gasteiger partial charge in [0.05, 0.1) is 7.11 Å². The minimum Gasteiger partial charge on any atom is -0.481 e. The molecule has 1 heterocycles. The van der Waals surface area contributed by atoms with E-state index < -0.39 is 0 Å². The predicted molar refractivity (Wildman–Crippen MR) is 52.9 cm³/mol. The van der Waals surface area contributed by atoms with Crippen molar-refractivity contribution < 1.29 is 4.74 Å².